The zero-order chi connectivity index (χ0) is 30.3. The number of halogens is 5. The van der Waals surface area contributed by atoms with E-state index in [1.165, 1.54) is 49.4 Å². The predicted molar refractivity (Wildman–Crippen MR) is 139 cm³/mol. The number of hydrogen-bond acceptors (Lipinski definition) is 7. The molecular formula is C29H31F5O7. The Kier molecular flexibility index (Phi) is 13.2. The van der Waals surface area contributed by atoms with Gasteiger partial charge in [-0.25, -0.2) is 9.59 Å². The predicted octanol–water partition coefficient (Wildman–Crippen LogP) is 6.94. The summed E-state index contributed by atoms with van der Waals surface area (Å²) in [5, 5.41) is 0. The van der Waals surface area contributed by atoms with Crippen LogP contribution in [0, 0.1) is 0 Å². The van der Waals surface area contributed by atoms with Gasteiger partial charge in [-0.2, -0.15) is 22.0 Å². The number of hydrogen-bond donors (Lipinski definition) is 0. The second-order valence-corrected chi connectivity index (χ2v) is 8.89. The van der Waals surface area contributed by atoms with Gasteiger partial charge < -0.3 is 18.9 Å². The van der Waals surface area contributed by atoms with E-state index in [4.69, 9.17) is 18.9 Å². The Morgan fingerprint density at radius 3 is 1.90 bits per heavy atom. The largest absolute Gasteiger partial charge is 0.494 e. The second kappa shape index (κ2) is 16.3. The summed E-state index contributed by atoms with van der Waals surface area (Å²) in [6.45, 7) is 1.67. The molecule has 0 radical (unpaired) electrons. The Morgan fingerprint density at radius 2 is 1.32 bits per heavy atom. The SMILES string of the molecule is CC(=O)OCCCCCCOC(=O)/C=C/c1ccc(OC(=O)c2ccc(OCCCC(F)(F)C(F)(F)F)cc2)cc1. The molecule has 0 aliphatic rings. The number of rotatable bonds is 16. The smallest absolute Gasteiger partial charge is 0.453 e. The van der Waals surface area contributed by atoms with Crippen molar-refractivity contribution in [2.24, 2.45) is 0 Å². The fraction of sp³-hybridized carbons (Fsp3) is 0.414. The van der Waals surface area contributed by atoms with Crippen molar-refractivity contribution in [2.45, 2.75) is 57.5 Å². The van der Waals surface area contributed by atoms with Gasteiger partial charge in [-0.1, -0.05) is 12.1 Å². The highest BCUT2D eigenvalue weighted by molar-refractivity contribution is 5.91. The van der Waals surface area contributed by atoms with Crippen LogP contribution in [0.15, 0.2) is 54.6 Å². The van der Waals surface area contributed by atoms with Crippen molar-refractivity contribution in [2.75, 3.05) is 19.8 Å². The first-order chi connectivity index (χ1) is 19.4. The number of carbonyl (C=O) groups excluding carboxylic acids is 3. The molecule has 0 N–H and O–H groups in total. The van der Waals surface area contributed by atoms with Crippen molar-refractivity contribution in [3.05, 3.63) is 65.7 Å². The molecule has 0 unspecified atom stereocenters. The minimum Gasteiger partial charge on any atom is -0.494 e. The Labute approximate surface area is 234 Å². The summed E-state index contributed by atoms with van der Waals surface area (Å²) in [6, 6.07) is 11.8. The maximum Gasteiger partial charge on any atom is 0.453 e. The summed E-state index contributed by atoms with van der Waals surface area (Å²) in [7, 11) is 0. The normalized spacial score (nSPS) is 11.8. The number of unbranched alkanes of at least 4 members (excludes halogenated alkanes) is 3. The minimum absolute atomic E-state index is 0.164. The molecule has 0 saturated carbocycles. The zero-order valence-corrected chi connectivity index (χ0v) is 22.4. The van der Waals surface area contributed by atoms with Crippen LogP contribution < -0.4 is 9.47 Å². The Bertz CT molecular complexity index is 1140. The molecule has 0 bridgehead atoms. The average Bonchev–Trinajstić information content (AvgIpc) is 2.91. The highest BCUT2D eigenvalue weighted by Crippen LogP contribution is 2.38. The van der Waals surface area contributed by atoms with Gasteiger partial charge in [0.25, 0.3) is 0 Å². The van der Waals surface area contributed by atoms with Gasteiger partial charge in [0.1, 0.15) is 11.5 Å². The van der Waals surface area contributed by atoms with Crippen LogP contribution in [-0.2, 0) is 19.1 Å². The standard InChI is InChI=1S/C29H31F5O7/c1-21(35)38-18-4-2-3-5-19-40-26(36)16-9-22-7-12-25(13-8-22)41-27(37)23-10-14-24(15-11-23)39-20-6-17-28(30,31)29(32,33)34/h7-16H,2-6,17-20H2,1H3/b16-9+. The van der Waals surface area contributed by atoms with Crippen molar-refractivity contribution in [1.29, 1.82) is 0 Å². The van der Waals surface area contributed by atoms with Crippen LogP contribution in [0.2, 0.25) is 0 Å². The van der Waals surface area contributed by atoms with Gasteiger partial charge in [-0.3, -0.25) is 4.79 Å². The first kappa shape index (κ1) is 33.2. The molecule has 0 amide bonds. The van der Waals surface area contributed by atoms with E-state index in [9.17, 15) is 36.3 Å². The van der Waals surface area contributed by atoms with Gasteiger partial charge >= 0.3 is 30.0 Å². The molecule has 0 saturated heterocycles. The molecule has 12 heteroatoms. The minimum atomic E-state index is -5.60. The Hall–Kier alpha value is -3.96. The number of ether oxygens (including phenoxy) is 4. The van der Waals surface area contributed by atoms with Crippen LogP contribution in [0.3, 0.4) is 0 Å². The van der Waals surface area contributed by atoms with E-state index in [1.54, 1.807) is 18.2 Å². The lowest BCUT2D eigenvalue weighted by molar-refractivity contribution is -0.284. The van der Waals surface area contributed by atoms with Gasteiger partial charge in [0.05, 0.1) is 25.4 Å². The van der Waals surface area contributed by atoms with Gasteiger partial charge in [0, 0.05) is 19.4 Å². The maximum absolute atomic E-state index is 12.9. The van der Waals surface area contributed by atoms with Crippen LogP contribution in [0.5, 0.6) is 11.5 Å². The molecular weight excluding hydrogens is 555 g/mol. The molecule has 0 aromatic heterocycles. The summed E-state index contributed by atoms with van der Waals surface area (Å²) in [5.74, 6) is -5.81. The first-order valence-corrected chi connectivity index (χ1v) is 12.9. The average molecular weight is 587 g/mol. The lowest BCUT2D eigenvalue weighted by Gasteiger charge is -2.19. The van der Waals surface area contributed by atoms with Crippen LogP contribution in [0.4, 0.5) is 22.0 Å². The van der Waals surface area contributed by atoms with Crippen molar-refractivity contribution >= 4 is 24.0 Å². The molecule has 0 spiro atoms. The summed E-state index contributed by atoms with van der Waals surface area (Å²) in [6.07, 6.45) is -1.50. The van der Waals surface area contributed by atoms with Crippen molar-refractivity contribution in [3.8, 4) is 11.5 Å². The summed E-state index contributed by atoms with van der Waals surface area (Å²) in [4.78, 5) is 34.9. The van der Waals surface area contributed by atoms with E-state index in [2.05, 4.69) is 0 Å². The van der Waals surface area contributed by atoms with E-state index in [0.29, 0.717) is 18.6 Å². The van der Waals surface area contributed by atoms with Crippen molar-refractivity contribution in [1.82, 2.24) is 0 Å². The second-order valence-electron chi connectivity index (χ2n) is 8.89. The Morgan fingerprint density at radius 1 is 0.732 bits per heavy atom. The van der Waals surface area contributed by atoms with E-state index >= 15 is 0 Å². The first-order valence-electron chi connectivity index (χ1n) is 12.9. The maximum atomic E-state index is 12.9. The lowest BCUT2D eigenvalue weighted by atomic mass is 10.2. The van der Waals surface area contributed by atoms with Crippen LogP contribution in [-0.4, -0.2) is 49.8 Å². The molecule has 7 nitrogen and oxygen atoms in total. The molecule has 0 atom stereocenters. The molecule has 2 rings (SSSR count). The zero-order valence-electron chi connectivity index (χ0n) is 22.4. The Balaban J connectivity index is 1.69. The van der Waals surface area contributed by atoms with Gasteiger partial charge in [0.2, 0.25) is 0 Å². The van der Waals surface area contributed by atoms with E-state index in [0.717, 1.165) is 19.3 Å². The van der Waals surface area contributed by atoms with Crippen molar-refractivity contribution in [3.63, 3.8) is 0 Å². The van der Waals surface area contributed by atoms with Crippen LogP contribution in [0.25, 0.3) is 6.08 Å². The third-order valence-corrected chi connectivity index (χ3v) is 5.50. The molecule has 0 heterocycles. The molecule has 0 fully saturated rings. The molecule has 0 aliphatic carbocycles. The van der Waals surface area contributed by atoms with Crippen LogP contribution >= 0.6 is 0 Å². The number of benzene rings is 2. The van der Waals surface area contributed by atoms with E-state index in [-0.39, 0.29) is 36.2 Å². The lowest BCUT2D eigenvalue weighted by Crippen LogP contribution is -2.36. The third kappa shape index (κ3) is 12.8. The molecule has 2 aromatic rings. The molecule has 0 aliphatic heterocycles. The quantitative estimate of drug-likeness (QED) is 0.0692. The fourth-order valence-electron chi connectivity index (χ4n) is 3.28. The number of carbonyl (C=O) groups is 3. The summed E-state index contributed by atoms with van der Waals surface area (Å²) in [5.41, 5.74) is 0.832. The monoisotopic (exact) mass is 586 g/mol. The molecule has 224 valence electrons. The molecule has 2 aromatic carbocycles. The van der Waals surface area contributed by atoms with Crippen LogP contribution in [0.1, 0.15) is 61.4 Å². The van der Waals surface area contributed by atoms with Gasteiger partial charge in [-0.15, -0.1) is 0 Å². The fourth-order valence-corrected chi connectivity index (χ4v) is 3.28. The third-order valence-electron chi connectivity index (χ3n) is 5.50. The molecule has 41 heavy (non-hydrogen) atoms. The highest BCUT2D eigenvalue weighted by atomic mass is 19.4. The summed E-state index contributed by atoms with van der Waals surface area (Å²) < 4.78 is 82.8. The van der Waals surface area contributed by atoms with Crippen molar-refractivity contribution < 1.29 is 55.3 Å². The number of esters is 3. The van der Waals surface area contributed by atoms with E-state index < -0.39 is 36.9 Å². The topological polar surface area (TPSA) is 88.1 Å². The number of alkyl halides is 5. The van der Waals surface area contributed by atoms with Gasteiger partial charge in [0.15, 0.2) is 0 Å². The highest BCUT2D eigenvalue weighted by Gasteiger charge is 2.56. The summed E-state index contributed by atoms with van der Waals surface area (Å²) >= 11 is 0. The van der Waals surface area contributed by atoms with Gasteiger partial charge in [-0.05, 0) is 80.1 Å². The van der Waals surface area contributed by atoms with E-state index in [1.807, 2.05) is 0 Å².